The largest absolute Gasteiger partial charge is 0.491 e. The first-order valence-electron chi connectivity index (χ1n) is 19.5. The van der Waals surface area contributed by atoms with Gasteiger partial charge in [-0.2, -0.15) is 4.99 Å². The number of hydrogen-bond acceptors (Lipinski definition) is 13. The number of para-hydroxylation sites is 1. The van der Waals surface area contributed by atoms with Crippen molar-refractivity contribution in [3.8, 4) is 17.6 Å². The minimum atomic E-state index is -1.23. The highest BCUT2D eigenvalue weighted by Gasteiger charge is 2.24. The number of thiazole rings is 2. The lowest BCUT2D eigenvalue weighted by atomic mass is 10.2. The first-order chi connectivity index (χ1) is 27.9. The van der Waals surface area contributed by atoms with Gasteiger partial charge in [0.2, 0.25) is 0 Å². The Balaban J connectivity index is 1.37. The van der Waals surface area contributed by atoms with Crippen molar-refractivity contribution < 1.29 is 23.4 Å². The molecule has 0 amide bonds. The highest BCUT2D eigenvalue weighted by Crippen LogP contribution is 2.34. The van der Waals surface area contributed by atoms with E-state index in [1.807, 2.05) is 56.1 Å². The maximum absolute atomic E-state index is 14.8. The van der Waals surface area contributed by atoms with Gasteiger partial charge in [0.15, 0.2) is 38.8 Å². The van der Waals surface area contributed by atoms with Crippen LogP contribution < -0.4 is 19.8 Å². The van der Waals surface area contributed by atoms with E-state index >= 15 is 0 Å². The van der Waals surface area contributed by atoms with Crippen LogP contribution in [0.3, 0.4) is 0 Å². The molecule has 16 heteroatoms. The molecule has 0 fully saturated rings. The number of anilines is 2. The van der Waals surface area contributed by atoms with Gasteiger partial charge in [-0.1, -0.05) is 55.0 Å². The van der Waals surface area contributed by atoms with Crippen molar-refractivity contribution in [1.82, 2.24) is 30.0 Å². The average Bonchev–Trinajstić information content (AvgIpc) is 3.76. The minimum absolute atomic E-state index is 0.154. The Morgan fingerprint density at radius 2 is 1.86 bits per heavy atom. The lowest BCUT2D eigenvalue weighted by Crippen LogP contribution is -2.23. The third-order valence-corrected chi connectivity index (χ3v) is 12.9. The molecule has 5 aromatic rings. The maximum atomic E-state index is 14.8. The zero-order valence-electron chi connectivity index (χ0n) is 34.9. The van der Waals surface area contributed by atoms with Gasteiger partial charge in [-0.15, -0.1) is 21.5 Å². The summed E-state index contributed by atoms with van der Waals surface area (Å²) in [7, 11) is 5.90. The average molecular weight is 847 g/mol. The zero-order chi connectivity index (χ0) is 41.7. The summed E-state index contributed by atoms with van der Waals surface area (Å²) in [5, 5.41) is 13.1. The van der Waals surface area contributed by atoms with Crippen LogP contribution in [0.25, 0.3) is 10.2 Å². The molecular formula is C42H55FN8O4S2Si. The molecule has 0 saturated carbocycles. The molecule has 0 aliphatic rings. The Hall–Kier alpha value is -4.50. The topological polar surface area (TPSA) is 119 Å². The molecule has 0 saturated heterocycles. The van der Waals surface area contributed by atoms with Crippen molar-refractivity contribution in [3.05, 3.63) is 80.8 Å². The summed E-state index contributed by atoms with van der Waals surface area (Å²) in [6.07, 6.45) is 2.77. The number of fused-ring (bicyclic) bond motifs is 1. The van der Waals surface area contributed by atoms with E-state index in [2.05, 4.69) is 63.7 Å². The van der Waals surface area contributed by atoms with E-state index in [9.17, 15) is 9.18 Å². The second-order valence-electron chi connectivity index (χ2n) is 15.3. The van der Waals surface area contributed by atoms with Crippen molar-refractivity contribution >= 4 is 63.7 Å². The quantitative estimate of drug-likeness (QED) is 0.0360. The van der Waals surface area contributed by atoms with E-state index in [0.29, 0.717) is 61.6 Å². The number of aromatic nitrogens is 4. The first kappa shape index (κ1) is 44.6. The van der Waals surface area contributed by atoms with Crippen molar-refractivity contribution in [1.29, 1.82) is 0 Å². The lowest BCUT2D eigenvalue weighted by molar-refractivity contribution is 0.0593. The highest BCUT2D eigenvalue weighted by molar-refractivity contribution is 7.16. The van der Waals surface area contributed by atoms with Crippen molar-refractivity contribution in [3.63, 3.8) is 0 Å². The molecule has 2 aromatic carbocycles. The van der Waals surface area contributed by atoms with Gasteiger partial charge in [0, 0.05) is 31.7 Å². The Bertz CT molecular complexity index is 2270. The minimum Gasteiger partial charge on any atom is -0.491 e. The van der Waals surface area contributed by atoms with Gasteiger partial charge in [0.05, 0.1) is 30.5 Å². The Morgan fingerprint density at radius 3 is 2.59 bits per heavy atom. The lowest BCUT2D eigenvalue weighted by Gasteiger charge is -2.21. The van der Waals surface area contributed by atoms with Gasteiger partial charge in [-0.3, -0.25) is 9.47 Å². The second kappa shape index (κ2) is 21.5. The standard InChI is InChI=1S/C42H55FN8O4S2Si/c1-30-27-37(47-48-39(30)46-42-51(29-54-25-26-58(6,7)8)33-16-9-10-17-35(33)56-42)50(23-12-11-21-44-2)41-45-38(40(52)53-5)36(57-41)18-14-24-55-34-20-19-31(28-32(34)43)15-13-22-49(3)4/h9-10,16-17,19-20,27-28,44H,11-12,14,18,21-26,29H2,1-8H3/b46-42-. The summed E-state index contributed by atoms with van der Waals surface area (Å²) in [5.41, 5.74) is 2.73. The van der Waals surface area contributed by atoms with E-state index in [4.69, 9.17) is 24.2 Å². The number of rotatable bonds is 20. The number of benzene rings is 2. The van der Waals surface area contributed by atoms with Crippen LogP contribution in [0.4, 0.5) is 21.2 Å². The van der Waals surface area contributed by atoms with Crippen molar-refractivity contribution in [2.45, 2.75) is 65.0 Å². The molecule has 0 spiro atoms. The van der Waals surface area contributed by atoms with Gasteiger partial charge < -0.3 is 24.4 Å². The number of aryl methyl sites for hydroxylation is 2. The molecular weight excluding hydrogens is 792 g/mol. The van der Waals surface area contributed by atoms with Crippen LogP contribution >= 0.6 is 22.7 Å². The fourth-order valence-corrected chi connectivity index (χ4v) is 8.63. The van der Waals surface area contributed by atoms with E-state index in [1.54, 1.807) is 23.5 Å². The predicted molar refractivity (Wildman–Crippen MR) is 235 cm³/mol. The third-order valence-electron chi connectivity index (χ3n) is 8.95. The number of methoxy groups -OCH3 is 1. The van der Waals surface area contributed by atoms with E-state index in [0.717, 1.165) is 50.9 Å². The Labute approximate surface area is 350 Å². The highest BCUT2D eigenvalue weighted by atomic mass is 32.1. The van der Waals surface area contributed by atoms with Gasteiger partial charge in [-0.25, -0.2) is 14.2 Å². The number of hydrogen-bond donors (Lipinski definition) is 1. The molecule has 0 bridgehead atoms. The van der Waals surface area contributed by atoms with Crippen LogP contribution in [0.5, 0.6) is 5.75 Å². The van der Waals surface area contributed by atoms with Gasteiger partial charge >= 0.3 is 5.97 Å². The zero-order valence-corrected chi connectivity index (χ0v) is 37.5. The number of carbonyl (C=O) groups excluding carboxylic acids is 1. The van der Waals surface area contributed by atoms with Gasteiger partial charge in [0.1, 0.15) is 6.73 Å². The molecule has 3 aromatic heterocycles. The van der Waals surface area contributed by atoms with Crippen LogP contribution in [-0.2, 0) is 22.6 Å². The monoisotopic (exact) mass is 846 g/mol. The number of nitrogens with one attached hydrogen (secondary N) is 1. The number of ether oxygens (including phenoxy) is 3. The smallest absolute Gasteiger partial charge is 0.357 e. The van der Waals surface area contributed by atoms with E-state index < -0.39 is 19.9 Å². The van der Waals surface area contributed by atoms with Crippen molar-refractivity contribution in [2.75, 3.05) is 66.0 Å². The number of halogens is 1. The summed E-state index contributed by atoms with van der Waals surface area (Å²) < 4.78 is 35.1. The predicted octanol–water partition coefficient (Wildman–Crippen LogP) is 7.79. The van der Waals surface area contributed by atoms with Crippen LogP contribution in [0.2, 0.25) is 25.7 Å². The molecule has 0 unspecified atom stereocenters. The van der Waals surface area contributed by atoms with Crippen LogP contribution in [-0.4, -0.2) is 99.8 Å². The fourth-order valence-electron chi connectivity index (χ4n) is 5.73. The Kier molecular flexibility index (Phi) is 16.5. The number of carbonyl (C=O) groups is 1. The van der Waals surface area contributed by atoms with E-state index in [-0.39, 0.29) is 18.1 Å². The summed E-state index contributed by atoms with van der Waals surface area (Å²) >= 11 is 2.99. The molecule has 1 N–H and O–H groups in total. The van der Waals surface area contributed by atoms with Crippen LogP contribution in [0, 0.1) is 24.6 Å². The molecule has 310 valence electrons. The van der Waals surface area contributed by atoms with Crippen molar-refractivity contribution in [2.24, 2.45) is 4.99 Å². The van der Waals surface area contributed by atoms with Gasteiger partial charge in [-0.05, 0) is 108 Å². The summed E-state index contributed by atoms with van der Waals surface area (Å²) in [6.45, 7) is 12.4. The molecule has 58 heavy (non-hydrogen) atoms. The van der Waals surface area contributed by atoms with Gasteiger partial charge in [0.25, 0.3) is 0 Å². The summed E-state index contributed by atoms with van der Waals surface area (Å²) in [5.74, 6) is 6.25. The molecule has 5 rings (SSSR count). The Morgan fingerprint density at radius 1 is 1.05 bits per heavy atom. The third kappa shape index (κ3) is 12.7. The van der Waals surface area contributed by atoms with E-state index in [1.165, 1.54) is 24.5 Å². The molecule has 12 nitrogen and oxygen atoms in total. The van der Waals surface area contributed by atoms with Crippen LogP contribution in [0.15, 0.2) is 53.5 Å². The van der Waals surface area contributed by atoms with Crippen LogP contribution in [0.1, 0.15) is 45.8 Å². The fraction of sp³-hybridized carbons (Fsp3) is 0.452. The second-order valence-corrected chi connectivity index (χ2v) is 23.0. The number of unbranched alkanes of at least 4 members (excludes halogenated alkanes) is 1. The molecule has 0 aliphatic heterocycles. The number of nitrogens with zero attached hydrogens (tertiary/aromatic N) is 7. The number of esters is 1. The molecule has 0 atom stereocenters. The first-order valence-corrected chi connectivity index (χ1v) is 24.8. The molecule has 3 heterocycles. The SMILES string of the molecule is CNCCCCN(c1cc(C)c(/N=c2\sc3ccccc3n2COCC[Si](C)(C)C)nn1)c1nc(C(=O)OC)c(CCCOc2ccc(C#CCN(C)C)cc2F)s1. The maximum Gasteiger partial charge on any atom is 0.357 e. The summed E-state index contributed by atoms with van der Waals surface area (Å²) in [6, 6.07) is 16.0. The molecule has 0 aliphatic carbocycles. The molecule has 0 radical (unpaired) electrons. The normalized spacial score (nSPS) is 11.9. The summed E-state index contributed by atoms with van der Waals surface area (Å²) in [4.78, 5) is 28.3.